The zero-order valence-corrected chi connectivity index (χ0v) is 17.0. The number of thiophene rings is 1. The predicted octanol–water partition coefficient (Wildman–Crippen LogP) is 5.28. The molecule has 0 radical (unpaired) electrons. The maximum atomic E-state index is 13.1. The van der Waals surface area contributed by atoms with Gasteiger partial charge in [0.2, 0.25) is 0 Å². The molecule has 0 amide bonds. The quantitative estimate of drug-likeness (QED) is 0.432. The minimum Gasteiger partial charge on any atom is -0.292 e. The van der Waals surface area contributed by atoms with Crippen LogP contribution in [0, 0.1) is 13.8 Å². The normalized spacial score (nSPS) is 11.1. The zero-order valence-electron chi connectivity index (χ0n) is 15.4. The van der Waals surface area contributed by atoms with E-state index in [2.05, 4.69) is 18.0 Å². The molecule has 0 saturated carbocycles. The molecule has 6 heteroatoms. The number of halogens is 1. The third-order valence-corrected chi connectivity index (χ3v) is 6.08. The van der Waals surface area contributed by atoms with Gasteiger partial charge in [-0.1, -0.05) is 41.9 Å². The summed E-state index contributed by atoms with van der Waals surface area (Å²) in [5.74, 6) is -0.225. The van der Waals surface area contributed by atoms with Gasteiger partial charge in [-0.3, -0.25) is 14.2 Å². The first-order chi connectivity index (χ1) is 13.5. The molecule has 2 heterocycles. The molecular weight excluding hydrogens is 392 g/mol. The van der Waals surface area contributed by atoms with E-state index in [-0.39, 0.29) is 17.9 Å². The van der Waals surface area contributed by atoms with E-state index in [0.717, 1.165) is 16.7 Å². The second-order valence-corrected chi connectivity index (χ2v) is 7.97. The Kier molecular flexibility index (Phi) is 4.87. The van der Waals surface area contributed by atoms with Crippen molar-refractivity contribution in [3.63, 3.8) is 0 Å². The van der Waals surface area contributed by atoms with Crippen molar-refractivity contribution in [3.8, 4) is 11.1 Å². The first kappa shape index (κ1) is 18.6. The number of aromatic nitrogens is 2. The maximum absolute atomic E-state index is 13.1. The maximum Gasteiger partial charge on any atom is 0.263 e. The van der Waals surface area contributed by atoms with Crippen molar-refractivity contribution in [2.45, 2.75) is 20.4 Å². The zero-order chi connectivity index (χ0) is 19.8. The summed E-state index contributed by atoms with van der Waals surface area (Å²) >= 11 is 7.54. The van der Waals surface area contributed by atoms with Crippen molar-refractivity contribution in [2.24, 2.45) is 0 Å². The van der Waals surface area contributed by atoms with Crippen LogP contribution in [-0.2, 0) is 6.54 Å². The van der Waals surface area contributed by atoms with Crippen molar-refractivity contribution in [1.82, 2.24) is 9.55 Å². The van der Waals surface area contributed by atoms with E-state index in [1.165, 1.54) is 27.8 Å². The van der Waals surface area contributed by atoms with Gasteiger partial charge < -0.3 is 0 Å². The highest BCUT2D eigenvalue weighted by molar-refractivity contribution is 7.17. The molecular formula is C22H17ClN2O2S. The molecule has 4 rings (SSSR count). The fourth-order valence-corrected chi connectivity index (χ4v) is 4.28. The van der Waals surface area contributed by atoms with Crippen molar-refractivity contribution in [3.05, 3.63) is 86.2 Å². The molecule has 4 nitrogen and oxygen atoms in total. The first-order valence-corrected chi connectivity index (χ1v) is 10.0. The number of Topliss-reactive ketones (excluding diaryl/α,β-unsaturated/α-hetero) is 1. The summed E-state index contributed by atoms with van der Waals surface area (Å²) in [5, 5.41) is 2.87. The number of fused-ring (bicyclic) bond motifs is 1. The minimum absolute atomic E-state index is 0.103. The van der Waals surface area contributed by atoms with E-state index in [4.69, 9.17) is 11.6 Å². The molecule has 0 aliphatic carbocycles. The van der Waals surface area contributed by atoms with Gasteiger partial charge in [0.15, 0.2) is 5.78 Å². The van der Waals surface area contributed by atoms with Crippen LogP contribution in [0.4, 0.5) is 0 Å². The van der Waals surface area contributed by atoms with Crippen LogP contribution < -0.4 is 5.56 Å². The first-order valence-electron chi connectivity index (χ1n) is 8.77. The molecule has 0 atom stereocenters. The van der Waals surface area contributed by atoms with Gasteiger partial charge in [0.1, 0.15) is 4.83 Å². The molecule has 2 aromatic carbocycles. The summed E-state index contributed by atoms with van der Waals surface area (Å²) in [7, 11) is 0. The number of ketones is 1. The number of aryl methyl sites for hydroxylation is 2. The van der Waals surface area contributed by atoms with Crippen LogP contribution in [0.25, 0.3) is 21.3 Å². The average molecular weight is 409 g/mol. The lowest BCUT2D eigenvalue weighted by Gasteiger charge is -2.08. The number of nitrogens with zero attached hydrogens (tertiary/aromatic N) is 2. The molecule has 0 saturated heterocycles. The van der Waals surface area contributed by atoms with Crippen molar-refractivity contribution < 1.29 is 4.79 Å². The van der Waals surface area contributed by atoms with E-state index >= 15 is 0 Å². The van der Waals surface area contributed by atoms with Crippen LogP contribution in [0.1, 0.15) is 21.5 Å². The third-order valence-electron chi connectivity index (χ3n) is 4.87. The Balaban J connectivity index is 1.78. The average Bonchev–Trinajstić information content (AvgIpc) is 3.11. The van der Waals surface area contributed by atoms with E-state index in [9.17, 15) is 9.59 Å². The predicted molar refractivity (Wildman–Crippen MR) is 115 cm³/mol. The highest BCUT2D eigenvalue weighted by Crippen LogP contribution is 2.31. The Morgan fingerprint density at radius 1 is 1.14 bits per heavy atom. The Morgan fingerprint density at radius 3 is 2.68 bits per heavy atom. The number of carbonyl (C=O) groups is 1. The van der Waals surface area contributed by atoms with E-state index in [1.54, 1.807) is 24.3 Å². The lowest BCUT2D eigenvalue weighted by atomic mass is 10.0. The van der Waals surface area contributed by atoms with Crippen LogP contribution >= 0.6 is 22.9 Å². The Labute approximate surface area is 171 Å². The van der Waals surface area contributed by atoms with Crippen molar-refractivity contribution >= 4 is 38.9 Å². The van der Waals surface area contributed by atoms with Gasteiger partial charge in [-0.05, 0) is 42.7 Å². The molecule has 4 aromatic rings. The third kappa shape index (κ3) is 3.28. The van der Waals surface area contributed by atoms with Crippen LogP contribution in [0.2, 0.25) is 5.02 Å². The van der Waals surface area contributed by atoms with E-state index < -0.39 is 0 Å². The molecule has 140 valence electrons. The second-order valence-electron chi connectivity index (χ2n) is 6.71. The Hall–Kier alpha value is -2.76. The number of hydrogen-bond acceptors (Lipinski definition) is 4. The number of rotatable bonds is 4. The molecule has 0 fully saturated rings. The molecule has 0 unspecified atom stereocenters. The molecule has 0 spiro atoms. The molecule has 2 aromatic heterocycles. The van der Waals surface area contributed by atoms with Crippen LogP contribution in [0.15, 0.2) is 59.0 Å². The second kappa shape index (κ2) is 7.34. The van der Waals surface area contributed by atoms with Crippen molar-refractivity contribution in [1.29, 1.82) is 0 Å². The minimum atomic E-state index is -0.225. The lowest BCUT2D eigenvalue weighted by molar-refractivity contribution is 0.0971. The largest absolute Gasteiger partial charge is 0.292 e. The highest BCUT2D eigenvalue weighted by atomic mass is 35.5. The molecule has 28 heavy (non-hydrogen) atoms. The van der Waals surface area contributed by atoms with Crippen LogP contribution in [0.3, 0.4) is 0 Å². The molecule has 0 aliphatic heterocycles. The standard InChI is InChI=1S/C22H17ClN2O2S/c1-13-7-8-15(9-14(13)2)17-11-28-21-20(17)22(27)25(12-24-21)10-19(26)16-5-3-4-6-18(16)23/h3-9,11-12H,10H2,1-2H3. The summed E-state index contributed by atoms with van der Waals surface area (Å²) in [6.45, 7) is 4.00. The summed E-state index contributed by atoms with van der Waals surface area (Å²) in [5.41, 5.74) is 4.36. The number of hydrogen-bond donors (Lipinski definition) is 0. The van der Waals surface area contributed by atoms with Gasteiger partial charge >= 0.3 is 0 Å². The summed E-state index contributed by atoms with van der Waals surface area (Å²) in [6.07, 6.45) is 1.43. The van der Waals surface area contributed by atoms with Gasteiger partial charge in [-0.15, -0.1) is 11.3 Å². The van der Waals surface area contributed by atoms with Gasteiger partial charge in [0.25, 0.3) is 5.56 Å². The highest BCUT2D eigenvalue weighted by Gasteiger charge is 2.16. The molecule has 0 bridgehead atoms. The monoisotopic (exact) mass is 408 g/mol. The van der Waals surface area contributed by atoms with Gasteiger partial charge in [-0.2, -0.15) is 0 Å². The fourth-order valence-electron chi connectivity index (χ4n) is 3.13. The smallest absolute Gasteiger partial charge is 0.263 e. The topological polar surface area (TPSA) is 52.0 Å². The Morgan fingerprint density at radius 2 is 1.93 bits per heavy atom. The summed E-state index contributed by atoms with van der Waals surface area (Å²) in [4.78, 5) is 30.8. The fraction of sp³-hybridized carbons (Fsp3) is 0.136. The lowest BCUT2D eigenvalue weighted by Crippen LogP contribution is -2.24. The van der Waals surface area contributed by atoms with E-state index in [1.807, 2.05) is 24.4 Å². The van der Waals surface area contributed by atoms with E-state index in [0.29, 0.717) is 20.8 Å². The number of carbonyl (C=O) groups excluding carboxylic acids is 1. The van der Waals surface area contributed by atoms with Gasteiger partial charge in [-0.25, -0.2) is 4.98 Å². The number of benzene rings is 2. The van der Waals surface area contributed by atoms with Crippen molar-refractivity contribution in [2.75, 3.05) is 0 Å². The molecule has 0 N–H and O–H groups in total. The molecule has 0 aliphatic rings. The van der Waals surface area contributed by atoms with Gasteiger partial charge in [0.05, 0.1) is 23.3 Å². The van der Waals surface area contributed by atoms with Gasteiger partial charge in [0, 0.05) is 16.5 Å². The van der Waals surface area contributed by atoms with Crippen LogP contribution in [0.5, 0.6) is 0 Å². The SMILES string of the molecule is Cc1ccc(-c2csc3ncn(CC(=O)c4ccccc4Cl)c(=O)c23)cc1C. The summed E-state index contributed by atoms with van der Waals surface area (Å²) in [6, 6.07) is 13.0. The van der Waals surface area contributed by atoms with Crippen LogP contribution in [-0.4, -0.2) is 15.3 Å². The summed E-state index contributed by atoms with van der Waals surface area (Å²) < 4.78 is 1.35. The Bertz CT molecular complexity index is 1270.